The van der Waals surface area contributed by atoms with Gasteiger partial charge in [-0.2, -0.15) is 0 Å². The summed E-state index contributed by atoms with van der Waals surface area (Å²) < 4.78 is 44.1. The number of methoxy groups -OCH3 is 3. The third-order valence-electron chi connectivity index (χ3n) is 5.34. The molecule has 0 aliphatic heterocycles. The van der Waals surface area contributed by atoms with Crippen LogP contribution in [0.2, 0.25) is 5.02 Å². The summed E-state index contributed by atoms with van der Waals surface area (Å²) in [5.41, 5.74) is 1.14. The first-order valence-electron chi connectivity index (χ1n) is 10.6. The molecule has 3 aromatic carbocycles. The fraction of sp³-hybridized carbons (Fsp3) is 0.240. The van der Waals surface area contributed by atoms with Crippen molar-refractivity contribution >= 4 is 33.2 Å². The molecule has 10 heteroatoms. The number of nitrogens with one attached hydrogen (secondary N) is 1. The lowest BCUT2D eigenvalue weighted by Crippen LogP contribution is -2.41. The Balaban J connectivity index is 1.94. The van der Waals surface area contributed by atoms with Gasteiger partial charge in [0.25, 0.3) is 10.0 Å². The second kappa shape index (κ2) is 11.3. The molecule has 0 fully saturated rings. The maximum Gasteiger partial charge on any atom is 0.264 e. The van der Waals surface area contributed by atoms with Crippen molar-refractivity contribution in [3.8, 4) is 17.2 Å². The number of ether oxygens (including phenoxy) is 3. The Bertz CT molecular complexity index is 1260. The second-order valence-corrected chi connectivity index (χ2v) is 9.87. The van der Waals surface area contributed by atoms with Crippen LogP contribution in [-0.4, -0.2) is 42.2 Å². The highest BCUT2D eigenvalue weighted by molar-refractivity contribution is 7.92. The van der Waals surface area contributed by atoms with E-state index in [2.05, 4.69) is 5.32 Å². The molecular formula is C25H27ClN2O6S. The molecule has 35 heavy (non-hydrogen) atoms. The molecule has 0 saturated carbocycles. The molecule has 0 heterocycles. The molecule has 0 aromatic heterocycles. The van der Waals surface area contributed by atoms with E-state index in [0.29, 0.717) is 22.2 Å². The van der Waals surface area contributed by atoms with E-state index in [0.717, 1.165) is 9.87 Å². The standard InChI is InChI=1S/C25H27ClN2O6S/c1-17(18-5-7-19(26)8-6-18)27-25(29)16-28(20-9-11-21(32-2)12-10-20)35(30,31)22-13-14-23(33-3)24(15-22)34-4/h5-15,17H,16H2,1-4H3,(H,27,29). The Hall–Kier alpha value is -3.43. The summed E-state index contributed by atoms with van der Waals surface area (Å²) >= 11 is 5.94. The van der Waals surface area contributed by atoms with Gasteiger partial charge in [-0.1, -0.05) is 23.7 Å². The predicted molar refractivity (Wildman–Crippen MR) is 135 cm³/mol. The lowest BCUT2D eigenvalue weighted by Gasteiger charge is -2.25. The summed E-state index contributed by atoms with van der Waals surface area (Å²) in [6.45, 7) is 1.36. The van der Waals surface area contributed by atoms with E-state index in [4.69, 9.17) is 25.8 Å². The van der Waals surface area contributed by atoms with Crippen LogP contribution in [0.25, 0.3) is 0 Å². The predicted octanol–water partition coefficient (Wildman–Crippen LogP) is 4.44. The number of anilines is 1. The van der Waals surface area contributed by atoms with Crippen molar-refractivity contribution in [1.82, 2.24) is 5.32 Å². The molecule has 1 atom stereocenters. The quantitative estimate of drug-likeness (QED) is 0.426. The van der Waals surface area contributed by atoms with E-state index < -0.39 is 22.5 Å². The number of sulfonamides is 1. The van der Waals surface area contributed by atoms with E-state index in [1.54, 1.807) is 48.5 Å². The normalized spacial score (nSPS) is 11.9. The average molecular weight is 519 g/mol. The molecule has 1 amide bonds. The van der Waals surface area contributed by atoms with Crippen LogP contribution in [-0.2, 0) is 14.8 Å². The molecule has 8 nitrogen and oxygen atoms in total. The van der Waals surface area contributed by atoms with Crippen molar-refractivity contribution in [1.29, 1.82) is 0 Å². The Morgan fingerprint density at radius 2 is 1.54 bits per heavy atom. The number of halogens is 1. The lowest BCUT2D eigenvalue weighted by atomic mass is 10.1. The van der Waals surface area contributed by atoms with Crippen molar-refractivity contribution in [2.45, 2.75) is 17.9 Å². The highest BCUT2D eigenvalue weighted by Crippen LogP contribution is 2.32. The van der Waals surface area contributed by atoms with Crippen molar-refractivity contribution in [3.63, 3.8) is 0 Å². The van der Waals surface area contributed by atoms with E-state index in [1.165, 1.54) is 39.5 Å². The van der Waals surface area contributed by atoms with Crippen molar-refractivity contribution in [3.05, 3.63) is 77.3 Å². The third kappa shape index (κ3) is 6.17. The maximum absolute atomic E-state index is 13.7. The first-order valence-corrected chi connectivity index (χ1v) is 12.4. The highest BCUT2D eigenvalue weighted by atomic mass is 35.5. The number of carbonyl (C=O) groups excluding carboxylic acids is 1. The van der Waals surface area contributed by atoms with Crippen LogP contribution >= 0.6 is 11.6 Å². The van der Waals surface area contributed by atoms with Gasteiger partial charge in [0.1, 0.15) is 12.3 Å². The third-order valence-corrected chi connectivity index (χ3v) is 7.36. The molecule has 0 aliphatic carbocycles. The number of hydrogen-bond donors (Lipinski definition) is 1. The molecule has 1 unspecified atom stereocenters. The zero-order valence-corrected chi connectivity index (χ0v) is 21.4. The van der Waals surface area contributed by atoms with Crippen LogP contribution in [0.5, 0.6) is 17.2 Å². The molecule has 0 saturated heterocycles. The van der Waals surface area contributed by atoms with Crippen molar-refractivity contribution < 1.29 is 27.4 Å². The van der Waals surface area contributed by atoms with Gasteiger partial charge in [-0.05, 0) is 61.0 Å². The summed E-state index contributed by atoms with van der Waals surface area (Å²) in [6.07, 6.45) is 0. The molecule has 0 aliphatic rings. The Labute approximate surface area is 210 Å². The fourth-order valence-electron chi connectivity index (χ4n) is 3.42. The van der Waals surface area contributed by atoms with E-state index >= 15 is 0 Å². The van der Waals surface area contributed by atoms with Crippen LogP contribution in [0.15, 0.2) is 71.6 Å². The Kier molecular flexibility index (Phi) is 8.48. The van der Waals surface area contributed by atoms with Gasteiger partial charge in [-0.3, -0.25) is 9.10 Å². The Morgan fingerprint density at radius 1 is 0.914 bits per heavy atom. The van der Waals surface area contributed by atoms with E-state index in [9.17, 15) is 13.2 Å². The molecule has 186 valence electrons. The zero-order chi connectivity index (χ0) is 25.6. The molecular weight excluding hydrogens is 492 g/mol. The van der Waals surface area contributed by atoms with Gasteiger partial charge < -0.3 is 19.5 Å². The van der Waals surface area contributed by atoms with Crippen LogP contribution in [0.3, 0.4) is 0 Å². The summed E-state index contributed by atoms with van der Waals surface area (Å²) in [6, 6.07) is 17.4. The number of carbonyl (C=O) groups is 1. The first-order chi connectivity index (χ1) is 16.7. The number of rotatable bonds is 10. The van der Waals surface area contributed by atoms with Gasteiger partial charge in [-0.25, -0.2) is 8.42 Å². The van der Waals surface area contributed by atoms with E-state index in [1.807, 2.05) is 6.92 Å². The van der Waals surface area contributed by atoms with Crippen LogP contribution in [0, 0.1) is 0 Å². The fourth-order valence-corrected chi connectivity index (χ4v) is 4.98. The number of benzene rings is 3. The molecule has 3 aromatic rings. The highest BCUT2D eigenvalue weighted by Gasteiger charge is 2.29. The number of hydrogen-bond acceptors (Lipinski definition) is 6. The molecule has 3 rings (SSSR count). The smallest absolute Gasteiger partial charge is 0.264 e. The van der Waals surface area contributed by atoms with Crippen LogP contribution < -0.4 is 23.8 Å². The lowest BCUT2D eigenvalue weighted by molar-refractivity contribution is -0.120. The van der Waals surface area contributed by atoms with Crippen molar-refractivity contribution in [2.24, 2.45) is 0 Å². The van der Waals surface area contributed by atoms with Gasteiger partial charge in [0, 0.05) is 11.1 Å². The van der Waals surface area contributed by atoms with Gasteiger partial charge in [0.15, 0.2) is 11.5 Å². The summed E-state index contributed by atoms with van der Waals surface area (Å²) in [5.74, 6) is 0.714. The summed E-state index contributed by atoms with van der Waals surface area (Å²) in [5, 5.41) is 3.43. The molecule has 1 N–H and O–H groups in total. The van der Waals surface area contributed by atoms with Crippen LogP contribution in [0.4, 0.5) is 5.69 Å². The van der Waals surface area contributed by atoms with Crippen molar-refractivity contribution in [2.75, 3.05) is 32.2 Å². The minimum absolute atomic E-state index is 0.0514. The number of amides is 1. The van der Waals surface area contributed by atoms with Gasteiger partial charge >= 0.3 is 0 Å². The minimum Gasteiger partial charge on any atom is -0.497 e. The van der Waals surface area contributed by atoms with Gasteiger partial charge in [0.2, 0.25) is 5.91 Å². The maximum atomic E-state index is 13.7. The van der Waals surface area contributed by atoms with E-state index in [-0.39, 0.29) is 16.7 Å². The Morgan fingerprint density at radius 3 is 2.11 bits per heavy atom. The number of nitrogens with zero attached hydrogens (tertiary/aromatic N) is 1. The molecule has 0 radical (unpaired) electrons. The summed E-state index contributed by atoms with van der Waals surface area (Å²) in [4.78, 5) is 12.9. The largest absolute Gasteiger partial charge is 0.497 e. The monoisotopic (exact) mass is 518 g/mol. The SMILES string of the molecule is COc1ccc(N(CC(=O)NC(C)c2ccc(Cl)cc2)S(=O)(=O)c2ccc(OC)c(OC)c2)cc1. The first kappa shape index (κ1) is 26.2. The topological polar surface area (TPSA) is 94.2 Å². The average Bonchev–Trinajstić information content (AvgIpc) is 2.87. The summed E-state index contributed by atoms with van der Waals surface area (Å²) in [7, 11) is 0.237. The van der Waals surface area contributed by atoms with Gasteiger partial charge in [-0.15, -0.1) is 0 Å². The van der Waals surface area contributed by atoms with Crippen LogP contribution in [0.1, 0.15) is 18.5 Å². The second-order valence-electron chi connectivity index (χ2n) is 7.57. The molecule has 0 spiro atoms. The van der Waals surface area contributed by atoms with Gasteiger partial charge in [0.05, 0.1) is 38.0 Å². The zero-order valence-electron chi connectivity index (χ0n) is 19.8. The molecule has 0 bridgehead atoms. The minimum atomic E-state index is -4.15.